The molecule has 2 N–H and O–H groups in total. The van der Waals surface area contributed by atoms with Crippen LogP contribution in [-0.2, 0) is 0 Å². The number of hydrogen-bond acceptors (Lipinski definition) is 2. The number of hydrogen-bond donors (Lipinski definition) is 2. The minimum atomic E-state index is -0.659. The molecule has 100 valence electrons. The molecular formula is C11H14BrClFN3O. The van der Waals surface area contributed by atoms with Crippen LogP contribution in [-0.4, -0.2) is 38.1 Å². The lowest BCUT2D eigenvalue weighted by Gasteiger charge is -2.12. The molecule has 0 atom stereocenters. The lowest BCUT2D eigenvalue weighted by Crippen LogP contribution is -2.34. The van der Waals surface area contributed by atoms with Crippen molar-refractivity contribution in [2.24, 2.45) is 0 Å². The Kier molecular flexibility index (Phi) is 5.84. The Morgan fingerprint density at radius 3 is 2.78 bits per heavy atom. The highest BCUT2D eigenvalue weighted by Crippen LogP contribution is 2.30. The predicted octanol–water partition coefficient (Wildman–Crippen LogP) is 2.92. The number of benzene rings is 1. The fourth-order valence-corrected chi connectivity index (χ4v) is 1.65. The zero-order valence-corrected chi connectivity index (χ0v) is 12.4. The molecule has 0 saturated carbocycles. The molecular weight excluding hydrogens is 324 g/mol. The van der Waals surface area contributed by atoms with Gasteiger partial charge in [-0.25, -0.2) is 9.18 Å². The van der Waals surface area contributed by atoms with Crippen molar-refractivity contribution in [1.82, 2.24) is 10.2 Å². The van der Waals surface area contributed by atoms with Crippen molar-refractivity contribution >= 4 is 39.2 Å². The van der Waals surface area contributed by atoms with Crippen molar-refractivity contribution in [3.8, 4) is 0 Å². The number of rotatable bonds is 4. The molecule has 1 rings (SSSR count). The average Bonchev–Trinajstić information content (AvgIpc) is 2.29. The van der Waals surface area contributed by atoms with E-state index in [-0.39, 0.29) is 10.7 Å². The SMILES string of the molecule is CN(C)CCNC(=O)Nc1ccc(Br)c(Cl)c1F. The highest BCUT2D eigenvalue weighted by Gasteiger charge is 2.12. The number of anilines is 1. The second-order valence-corrected chi connectivity index (χ2v) is 5.14. The van der Waals surface area contributed by atoms with Crippen LogP contribution in [0.15, 0.2) is 16.6 Å². The van der Waals surface area contributed by atoms with E-state index in [1.165, 1.54) is 6.07 Å². The summed E-state index contributed by atoms with van der Waals surface area (Å²) in [5.74, 6) is -0.659. The van der Waals surface area contributed by atoms with Crippen LogP contribution in [0.25, 0.3) is 0 Å². The van der Waals surface area contributed by atoms with Crippen molar-refractivity contribution in [2.75, 3.05) is 32.5 Å². The third-order valence-electron chi connectivity index (χ3n) is 2.13. The molecule has 4 nitrogen and oxygen atoms in total. The first-order valence-corrected chi connectivity index (χ1v) is 6.42. The van der Waals surface area contributed by atoms with Crippen LogP contribution >= 0.6 is 27.5 Å². The van der Waals surface area contributed by atoms with Crippen molar-refractivity contribution in [1.29, 1.82) is 0 Å². The average molecular weight is 339 g/mol. The monoisotopic (exact) mass is 337 g/mol. The summed E-state index contributed by atoms with van der Waals surface area (Å²) in [6.07, 6.45) is 0. The molecule has 7 heteroatoms. The van der Waals surface area contributed by atoms with Gasteiger partial charge in [0.1, 0.15) is 0 Å². The van der Waals surface area contributed by atoms with E-state index in [4.69, 9.17) is 11.6 Å². The smallest absolute Gasteiger partial charge is 0.319 e. The Morgan fingerprint density at radius 1 is 1.50 bits per heavy atom. The number of likely N-dealkylation sites (N-methyl/N-ethyl adjacent to an activating group) is 1. The third-order valence-corrected chi connectivity index (χ3v) is 3.39. The molecule has 0 radical (unpaired) electrons. The molecule has 0 heterocycles. The number of nitrogens with one attached hydrogen (secondary N) is 2. The van der Waals surface area contributed by atoms with Crippen LogP contribution < -0.4 is 10.6 Å². The summed E-state index contributed by atoms with van der Waals surface area (Å²) in [5.41, 5.74) is 0.0468. The Morgan fingerprint density at radius 2 is 2.17 bits per heavy atom. The fraction of sp³-hybridized carbons (Fsp3) is 0.364. The summed E-state index contributed by atoms with van der Waals surface area (Å²) in [4.78, 5) is 13.4. The minimum Gasteiger partial charge on any atom is -0.337 e. The van der Waals surface area contributed by atoms with Gasteiger partial charge in [0, 0.05) is 17.6 Å². The lowest BCUT2D eigenvalue weighted by molar-refractivity contribution is 0.250. The van der Waals surface area contributed by atoms with E-state index in [9.17, 15) is 9.18 Å². The molecule has 0 spiro atoms. The number of amides is 2. The molecule has 2 amide bonds. The van der Waals surface area contributed by atoms with Crippen LogP contribution in [0.5, 0.6) is 0 Å². The predicted molar refractivity (Wildman–Crippen MR) is 74.7 cm³/mol. The van der Waals surface area contributed by atoms with Gasteiger partial charge >= 0.3 is 6.03 Å². The van der Waals surface area contributed by atoms with Crippen LogP contribution in [0.4, 0.5) is 14.9 Å². The zero-order valence-electron chi connectivity index (χ0n) is 10.1. The molecule has 1 aromatic carbocycles. The number of carbonyl (C=O) groups is 1. The van der Waals surface area contributed by atoms with Crippen molar-refractivity contribution in [3.05, 3.63) is 27.4 Å². The van der Waals surface area contributed by atoms with Gasteiger partial charge in [-0.3, -0.25) is 0 Å². The number of urea groups is 1. The van der Waals surface area contributed by atoms with Crippen molar-refractivity contribution in [3.63, 3.8) is 0 Å². The summed E-state index contributed by atoms with van der Waals surface area (Å²) in [5, 5.41) is 4.96. The van der Waals surface area contributed by atoms with Crippen LogP contribution in [0, 0.1) is 5.82 Å². The molecule has 0 aliphatic rings. The number of halogens is 3. The topological polar surface area (TPSA) is 44.4 Å². The quantitative estimate of drug-likeness (QED) is 0.829. The molecule has 18 heavy (non-hydrogen) atoms. The van der Waals surface area contributed by atoms with Gasteiger partial charge in [-0.15, -0.1) is 0 Å². The third kappa shape index (κ3) is 4.44. The van der Waals surface area contributed by atoms with Gasteiger partial charge in [0.05, 0.1) is 10.7 Å². The van der Waals surface area contributed by atoms with Gasteiger partial charge < -0.3 is 15.5 Å². The largest absolute Gasteiger partial charge is 0.337 e. The van der Waals surface area contributed by atoms with Crippen LogP contribution in [0.2, 0.25) is 5.02 Å². The molecule has 1 aromatic rings. The lowest BCUT2D eigenvalue weighted by atomic mass is 10.3. The molecule has 0 aromatic heterocycles. The van der Waals surface area contributed by atoms with Gasteiger partial charge in [0.25, 0.3) is 0 Å². The van der Waals surface area contributed by atoms with E-state index in [0.29, 0.717) is 17.6 Å². The van der Waals surface area contributed by atoms with E-state index in [1.807, 2.05) is 19.0 Å². The van der Waals surface area contributed by atoms with E-state index >= 15 is 0 Å². The molecule has 0 fully saturated rings. The van der Waals surface area contributed by atoms with Gasteiger partial charge in [-0.2, -0.15) is 0 Å². The molecule has 0 bridgehead atoms. The first-order chi connectivity index (χ1) is 8.41. The molecule has 0 saturated heterocycles. The second kappa shape index (κ2) is 6.92. The Bertz CT molecular complexity index is 443. The maximum Gasteiger partial charge on any atom is 0.319 e. The summed E-state index contributed by atoms with van der Waals surface area (Å²) in [6, 6.07) is 2.55. The number of nitrogens with zero attached hydrogens (tertiary/aromatic N) is 1. The summed E-state index contributed by atoms with van der Waals surface area (Å²) in [6.45, 7) is 1.18. The Balaban J connectivity index is 2.57. The highest BCUT2D eigenvalue weighted by atomic mass is 79.9. The molecule has 0 unspecified atom stereocenters. The first-order valence-electron chi connectivity index (χ1n) is 5.25. The summed E-state index contributed by atoms with van der Waals surface area (Å²) >= 11 is 8.81. The van der Waals surface area contributed by atoms with Gasteiger partial charge in [0.2, 0.25) is 0 Å². The van der Waals surface area contributed by atoms with E-state index < -0.39 is 11.8 Å². The highest BCUT2D eigenvalue weighted by molar-refractivity contribution is 9.10. The normalized spacial score (nSPS) is 10.6. The maximum atomic E-state index is 13.7. The van der Waals surface area contributed by atoms with Gasteiger partial charge in [-0.1, -0.05) is 11.6 Å². The first kappa shape index (κ1) is 15.2. The minimum absolute atomic E-state index is 0.0468. The fourth-order valence-electron chi connectivity index (χ4n) is 1.18. The molecule has 0 aliphatic carbocycles. The second-order valence-electron chi connectivity index (χ2n) is 3.91. The summed E-state index contributed by atoms with van der Waals surface area (Å²) < 4.78 is 14.1. The van der Waals surface area contributed by atoms with Crippen LogP contribution in [0.1, 0.15) is 0 Å². The Labute approximate surface area is 119 Å². The van der Waals surface area contributed by atoms with Gasteiger partial charge in [-0.05, 0) is 42.2 Å². The Hall–Kier alpha value is -0.850. The van der Waals surface area contributed by atoms with Crippen molar-refractivity contribution in [2.45, 2.75) is 0 Å². The van der Waals surface area contributed by atoms with E-state index in [0.717, 1.165) is 0 Å². The van der Waals surface area contributed by atoms with Gasteiger partial charge in [0.15, 0.2) is 5.82 Å². The van der Waals surface area contributed by atoms with Crippen molar-refractivity contribution < 1.29 is 9.18 Å². The van der Waals surface area contributed by atoms with E-state index in [1.54, 1.807) is 6.07 Å². The molecule has 0 aliphatic heterocycles. The zero-order chi connectivity index (χ0) is 13.7. The standard InChI is InChI=1S/C11H14BrClFN3O/c1-17(2)6-5-15-11(18)16-8-4-3-7(12)9(13)10(8)14/h3-4H,5-6H2,1-2H3,(H2,15,16,18). The maximum absolute atomic E-state index is 13.7. The van der Waals surface area contributed by atoms with Crippen LogP contribution in [0.3, 0.4) is 0 Å². The summed E-state index contributed by atoms with van der Waals surface area (Å²) in [7, 11) is 3.79. The number of carbonyl (C=O) groups excluding carboxylic acids is 1. The van der Waals surface area contributed by atoms with E-state index in [2.05, 4.69) is 26.6 Å².